The van der Waals surface area contributed by atoms with Gasteiger partial charge in [0.25, 0.3) is 0 Å². The van der Waals surface area contributed by atoms with Crippen molar-refractivity contribution in [3.63, 3.8) is 0 Å². The number of aliphatic hydroxyl groups excluding tert-OH is 1. The molecule has 0 aromatic carbocycles. The molecule has 53 heavy (non-hydrogen) atoms. The lowest BCUT2D eigenvalue weighted by molar-refractivity contribution is -0.266. The average molecular weight is 790 g/mol. The Hall–Kier alpha value is -2.44. The molecule has 5 aliphatic rings. The maximum Gasteiger partial charge on any atom is 0.407 e. The van der Waals surface area contributed by atoms with Crippen LogP contribution in [0.25, 0.3) is 0 Å². The van der Waals surface area contributed by atoms with Crippen molar-refractivity contribution < 1.29 is 43.3 Å². The molecule has 12 nitrogen and oxygen atoms in total. The third-order valence-electron chi connectivity index (χ3n) is 10.1. The van der Waals surface area contributed by atoms with Crippen molar-refractivity contribution in [3.05, 3.63) is 34.9 Å². The number of thioether (sulfide) groups is 1. The van der Waals surface area contributed by atoms with Crippen LogP contribution in [0.5, 0.6) is 0 Å². The summed E-state index contributed by atoms with van der Waals surface area (Å²) < 4.78 is 23.9. The molecular weight excluding hydrogens is 739 g/mol. The van der Waals surface area contributed by atoms with Crippen LogP contribution in [-0.4, -0.2) is 120 Å². The van der Waals surface area contributed by atoms with Crippen LogP contribution < -0.4 is 10.8 Å². The van der Waals surface area contributed by atoms with Gasteiger partial charge in [-0.3, -0.25) is 14.4 Å². The fourth-order valence-electron chi connectivity index (χ4n) is 7.11. The number of allylic oxidation sites excluding steroid dienone is 2. The van der Waals surface area contributed by atoms with Gasteiger partial charge in [-0.2, -0.15) is 17.2 Å². The molecule has 10 atom stereocenters. The van der Waals surface area contributed by atoms with Crippen molar-refractivity contribution >= 4 is 51.6 Å². The van der Waals surface area contributed by atoms with Crippen LogP contribution in [0.15, 0.2) is 34.9 Å². The molecule has 5 rings (SSSR count). The molecule has 2 amide bonds. The Balaban J connectivity index is 1.36. The third kappa shape index (κ3) is 11.3. The summed E-state index contributed by atoms with van der Waals surface area (Å²) in [6.07, 6.45) is 7.85. The monoisotopic (exact) mass is 789 g/mol. The number of amides is 2. The van der Waals surface area contributed by atoms with E-state index in [-0.39, 0.29) is 30.6 Å². The second-order valence-corrected chi connectivity index (χ2v) is 17.5. The highest BCUT2D eigenvalue weighted by Gasteiger charge is 2.41. The van der Waals surface area contributed by atoms with Gasteiger partial charge >= 0.3 is 6.09 Å². The van der Waals surface area contributed by atoms with Gasteiger partial charge in [0.05, 0.1) is 31.5 Å². The predicted molar refractivity (Wildman–Crippen MR) is 207 cm³/mol. The van der Waals surface area contributed by atoms with Crippen LogP contribution in [-0.2, 0) is 33.4 Å². The summed E-state index contributed by atoms with van der Waals surface area (Å²) in [6, 6.07) is -1.62. The Morgan fingerprint density at radius 1 is 1.09 bits per heavy atom. The van der Waals surface area contributed by atoms with Gasteiger partial charge in [0.15, 0.2) is 18.4 Å². The van der Waals surface area contributed by atoms with E-state index in [1.165, 1.54) is 7.11 Å². The summed E-state index contributed by atoms with van der Waals surface area (Å²) in [4.78, 5) is 45.2. The smallest absolute Gasteiger partial charge is 0.407 e. The number of carbonyl (C=O) groups excluding carboxylic acids is 3. The number of aliphatic hydroxyl groups is 1. The van der Waals surface area contributed by atoms with Gasteiger partial charge in [-0.1, -0.05) is 58.3 Å². The summed E-state index contributed by atoms with van der Waals surface area (Å²) in [6.45, 7) is 7.37. The van der Waals surface area contributed by atoms with Crippen LogP contribution in [0.3, 0.4) is 0 Å². The molecule has 0 bridgehead atoms. The van der Waals surface area contributed by atoms with Gasteiger partial charge in [0, 0.05) is 59.8 Å². The minimum Gasteiger partial charge on any atom is -0.453 e. The zero-order valence-corrected chi connectivity index (χ0v) is 33.4. The molecule has 290 valence electrons. The number of Topliss-reactive ketones (excluding diaryl/α,β-unsaturated/α-hetero) is 1. The maximum absolute atomic E-state index is 13.8. The standard InChI is InChI=1S/C38H51N3O9S3/c1-23-20-29(43)37(39-38(45)46-4)28-10-8-6-7-9-11-31(35(28)27(23)16-19-52-53-26-14-17-41(22-42)18-15-26)49-34-21-30(44)36(25(3)48-34)40-50-33-13-12-32(51-5)24(2)47-33/h6-7,16,22-26,30-34,36-37,40,44H,12-15,17-21H2,1-5H3,(H,39,45)/b7-6-,27-16-/t23?,24?,25?,30?,31-,32-,33?,34?,36+,37?/m0/s1. The number of nitrogens with zero attached hydrogens (tertiary/aromatic N) is 1. The number of piperidine rings is 1. The predicted octanol–water partition coefficient (Wildman–Crippen LogP) is 4.15. The number of nitrogens with one attached hydrogen (secondary N) is 2. The first kappa shape index (κ1) is 41.7. The lowest BCUT2D eigenvalue weighted by Gasteiger charge is -2.40. The largest absolute Gasteiger partial charge is 0.453 e. The zero-order valence-electron chi connectivity index (χ0n) is 30.9. The van der Waals surface area contributed by atoms with E-state index < -0.39 is 49.1 Å². The van der Waals surface area contributed by atoms with Gasteiger partial charge in [-0.15, -0.1) is 0 Å². The van der Waals surface area contributed by atoms with Gasteiger partial charge in [-0.05, 0) is 63.0 Å². The topological polar surface area (TPSA) is 145 Å². The van der Waals surface area contributed by atoms with E-state index in [0.717, 1.165) is 50.8 Å². The molecule has 0 aromatic heterocycles. The molecule has 3 fully saturated rings. The molecule has 0 radical (unpaired) electrons. The highest BCUT2D eigenvalue weighted by atomic mass is 33.1. The number of rotatable bonds is 12. The summed E-state index contributed by atoms with van der Waals surface area (Å²) in [5.41, 5.74) is 4.83. The number of carbonyl (C=O) groups is 3. The molecular formula is C38H51N3O9S3. The van der Waals surface area contributed by atoms with Crippen LogP contribution in [0.4, 0.5) is 4.79 Å². The Kier molecular flexibility index (Phi) is 16.1. The van der Waals surface area contributed by atoms with Crippen LogP contribution in [0.2, 0.25) is 0 Å². The van der Waals surface area contributed by atoms with Crippen LogP contribution in [0.1, 0.15) is 59.3 Å². The van der Waals surface area contributed by atoms with Crippen molar-refractivity contribution in [2.45, 2.75) is 119 Å². The number of alkyl carbamates (subject to hydrolysis) is 1. The SMILES string of the molecule is COC(=O)NC1C(=O)CC(C)/C(=C/CSSC2CCN(C=O)CC2)C2=C1C#C/C=C\C#C[C@@H]2OC1CC(O)[C@H](NOC2CC[C@H](SC)C(C)O2)C(C)O1. The number of methoxy groups -OCH3 is 1. The van der Waals surface area contributed by atoms with E-state index in [1.807, 2.05) is 25.7 Å². The number of ether oxygens (including phenoxy) is 4. The lowest BCUT2D eigenvalue weighted by Crippen LogP contribution is -2.56. The first-order valence-corrected chi connectivity index (χ1v) is 21.8. The van der Waals surface area contributed by atoms with Crippen LogP contribution in [0, 0.1) is 29.6 Å². The number of likely N-dealkylation sites (tertiary alicyclic amines) is 1. The first-order chi connectivity index (χ1) is 25.6. The molecule has 0 aromatic rings. The summed E-state index contributed by atoms with van der Waals surface area (Å²) in [5, 5.41) is 14.9. The maximum atomic E-state index is 13.8. The number of hydrogen-bond donors (Lipinski definition) is 3. The zero-order chi connectivity index (χ0) is 37.9. The molecule has 0 spiro atoms. The normalized spacial score (nSPS) is 34.9. The number of ketones is 1. The van der Waals surface area contributed by atoms with Crippen LogP contribution >= 0.6 is 33.3 Å². The van der Waals surface area contributed by atoms with Crippen molar-refractivity contribution in [2.75, 3.05) is 32.2 Å². The molecule has 3 heterocycles. The third-order valence-corrected chi connectivity index (χ3v) is 14.1. The van der Waals surface area contributed by atoms with Crippen molar-refractivity contribution in [1.29, 1.82) is 0 Å². The highest BCUT2D eigenvalue weighted by Crippen LogP contribution is 2.39. The van der Waals surface area contributed by atoms with E-state index >= 15 is 0 Å². The Bertz CT molecular complexity index is 1510. The summed E-state index contributed by atoms with van der Waals surface area (Å²) in [7, 11) is 4.77. The Morgan fingerprint density at radius 2 is 1.85 bits per heavy atom. The van der Waals surface area contributed by atoms with Gasteiger partial charge < -0.3 is 34.3 Å². The molecule has 15 heteroatoms. The molecule has 3 aliphatic heterocycles. The quantitative estimate of drug-likeness (QED) is 0.0858. The summed E-state index contributed by atoms with van der Waals surface area (Å²) in [5.74, 6) is 12.5. The number of hydrogen-bond acceptors (Lipinski definition) is 13. The molecule has 7 unspecified atom stereocenters. The minimum absolute atomic E-state index is 0.0504. The fourth-order valence-corrected chi connectivity index (χ4v) is 10.4. The van der Waals surface area contributed by atoms with E-state index in [0.29, 0.717) is 27.4 Å². The van der Waals surface area contributed by atoms with E-state index in [1.54, 1.807) is 45.5 Å². The Morgan fingerprint density at radius 3 is 2.55 bits per heavy atom. The van der Waals surface area contributed by atoms with Gasteiger partial charge in [0.1, 0.15) is 12.1 Å². The van der Waals surface area contributed by atoms with Gasteiger partial charge in [0.2, 0.25) is 6.41 Å². The summed E-state index contributed by atoms with van der Waals surface area (Å²) >= 11 is 1.79. The first-order valence-electron chi connectivity index (χ1n) is 18.2. The second kappa shape index (κ2) is 20.5. The van der Waals surface area contributed by atoms with Gasteiger partial charge in [-0.25, -0.2) is 4.79 Å². The van der Waals surface area contributed by atoms with E-state index in [4.69, 9.17) is 23.8 Å². The van der Waals surface area contributed by atoms with E-state index in [9.17, 15) is 19.5 Å². The molecule has 0 saturated carbocycles. The minimum atomic E-state index is -1.08. The lowest BCUT2D eigenvalue weighted by atomic mass is 9.87. The van der Waals surface area contributed by atoms with Crippen molar-refractivity contribution in [2.24, 2.45) is 5.92 Å². The molecule has 2 aliphatic carbocycles. The van der Waals surface area contributed by atoms with Crippen molar-refractivity contribution in [3.8, 4) is 23.7 Å². The average Bonchev–Trinajstić information content (AvgIpc) is 3.18. The van der Waals surface area contributed by atoms with Crippen molar-refractivity contribution in [1.82, 2.24) is 15.7 Å². The van der Waals surface area contributed by atoms with E-state index in [2.05, 4.69) is 46.8 Å². The number of hydroxylamine groups is 1. The molecule has 3 N–H and O–H groups in total. The highest BCUT2D eigenvalue weighted by molar-refractivity contribution is 8.77. The fraction of sp³-hybridized carbons (Fsp3) is 0.658. The molecule has 3 saturated heterocycles. The Labute approximate surface area is 325 Å². The second-order valence-electron chi connectivity index (χ2n) is 13.7.